The van der Waals surface area contributed by atoms with Gasteiger partial charge in [0.1, 0.15) is 12.4 Å². The van der Waals surface area contributed by atoms with Gasteiger partial charge in [-0.25, -0.2) is 0 Å². The van der Waals surface area contributed by atoms with Gasteiger partial charge in [-0.05, 0) is 32.3 Å². The van der Waals surface area contributed by atoms with Gasteiger partial charge in [0, 0.05) is 24.9 Å². The van der Waals surface area contributed by atoms with Crippen LogP contribution < -0.4 is 14.6 Å². The van der Waals surface area contributed by atoms with Crippen LogP contribution in [0.15, 0.2) is 42.7 Å². The molecule has 2 heterocycles. The second-order valence-electron chi connectivity index (χ2n) is 5.68. The highest BCUT2D eigenvalue weighted by molar-refractivity contribution is 5.74. The van der Waals surface area contributed by atoms with E-state index in [1.54, 1.807) is 42.7 Å². The Kier molecular flexibility index (Phi) is 4.75. The lowest BCUT2D eigenvalue weighted by Crippen LogP contribution is -2.26. The monoisotopic (exact) mass is 343 g/mol. The highest BCUT2D eigenvalue weighted by Gasteiger charge is 2.19. The fraction of sp³-hybridized carbons (Fsp3) is 0.250. The van der Waals surface area contributed by atoms with E-state index in [4.69, 9.17) is 4.74 Å². The summed E-state index contributed by atoms with van der Waals surface area (Å²) in [5.74, 6) is 0.525. The number of rotatable bonds is 6. The molecule has 0 spiro atoms. The maximum absolute atomic E-state index is 12.1. The fourth-order valence-corrected chi connectivity index (χ4v) is 2.21. The largest absolute Gasteiger partial charge is 0.492 e. The van der Waals surface area contributed by atoms with Crippen molar-refractivity contribution in [2.75, 3.05) is 32.6 Å². The van der Waals surface area contributed by atoms with Crippen molar-refractivity contribution in [3.05, 3.63) is 47.6 Å². The Morgan fingerprint density at radius 3 is 2.92 bits per heavy atom. The van der Waals surface area contributed by atoms with Gasteiger partial charge in [-0.3, -0.25) is 4.98 Å². The van der Waals surface area contributed by atoms with Gasteiger partial charge >= 0.3 is 11.5 Å². The number of hydrogen-bond donors (Lipinski definition) is 2. The van der Waals surface area contributed by atoms with E-state index in [9.17, 15) is 10.1 Å². The number of ether oxygens (including phenoxy) is 1. The third kappa shape index (κ3) is 3.83. The quantitative estimate of drug-likeness (QED) is 0.514. The first-order valence-electron chi connectivity index (χ1n) is 7.68. The molecule has 0 saturated heterocycles. The summed E-state index contributed by atoms with van der Waals surface area (Å²) in [4.78, 5) is 18.1. The van der Waals surface area contributed by atoms with Crippen LogP contribution in [0.2, 0.25) is 0 Å². The summed E-state index contributed by atoms with van der Waals surface area (Å²) in [6.45, 7) is 1.25. The van der Waals surface area contributed by atoms with Gasteiger partial charge in [0.05, 0.1) is 21.9 Å². The summed E-state index contributed by atoms with van der Waals surface area (Å²) < 4.78 is 6.91. The molecule has 2 aromatic heterocycles. The Balaban J connectivity index is 1.94. The summed E-state index contributed by atoms with van der Waals surface area (Å²) >= 11 is 0. The maximum Gasteiger partial charge on any atom is 0.322 e. The van der Waals surface area contributed by atoms with E-state index in [-0.39, 0.29) is 17.0 Å². The van der Waals surface area contributed by atoms with E-state index in [2.05, 4.69) is 15.4 Å². The van der Waals surface area contributed by atoms with E-state index in [1.165, 1.54) is 0 Å². The molecule has 3 aromatic rings. The van der Waals surface area contributed by atoms with Gasteiger partial charge in [0.25, 0.3) is 0 Å². The highest BCUT2D eigenvalue weighted by atomic mass is 16.5. The van der Waals surface area contributed by atoms with Crippen molar-refractivity contribution in [1.29, 1.82) is 0 Å². The maximum atomic E-state index is 12.1. The number of likely N-dealkylation sites (N-methyl/N-ethyl adjacent to an activating group) is 1. The average Bonchev–Trinajstić information content (AvgIpc) is 2.60. The number of hydrogen-bond acceptors (Lipinski definition) is 7. The van der Waals surface area contributed by atoms with Crippen LogP contribution in [0, 0.1) is 4.91 Å². The molecule has 0 unspecified atom stereocenters. The molecule has 130 valence electrons. The van der Waals surface area contributed by atoms with Crippen LogP contribution >= 0.6 is 0 Å². The summed E-state index contributed by atoms with van der Waals surface area (Å²) in [7, 11) is 3.90. The van der Waals surface area contributed by atoms with Crippen LogP contribution in [0.5, 0.6) is 5.75 Å². The molecule has 0 aliphatic heterocycles. The van der Waals surface area contributed by atoms with Crippen LogP contribution in [0.3, 0.4) is 0 Å². The molecule has 3 rings (SSSR count). The molecule has 25 heavy (non-hydrogen) atoms. The number of nitrogens with zero attached hydrogens (tertiary/aromatic N) is 5. The molecule has 0 aliphatic rings. The second kappa shape index (κ2) is 7.14. The number of nitrogens with one attached hydrogen (secondary N) is 1. The number of pyridine rings is 1. The fourth-order valence-electron chi connectivity index (χ4n) is 2.21. The van der Waals surface area contributed by atoms with Crippen LogP contribution in [0.25, 0.3) is 11.0 Å². The zero-order valence-electron chi connectivity index (χ0n) is 14.0. The zero-order valence-corrected chi connectivity index (χ0v) is 14.0. The molecular weight excluding hydrogens is 324 g/mol. The Bertz CT molecular complexity index is 926. The lowest BCUT2D eigenvalue weighted by molar-refractivity contribution is -0.535. The molecule has 0 amide bonds. The summed E-state index contributed by atoms with van der Waals surface area (Å²) in [6.07, 6.45) is 3.18. The minimum absolute atomic E-state index is 0.0269. The Labute approximate surface area is 143 Å². The minimum atomic E-state index is -0.0269. The van der Waals surface area contributed by atoms with Crippen molar-refractivity contribution < 1.29 is 14.5 Å². The average molecular weight is 343 g/mol. The van der Waals surface area contributed by atoms with Crippen molar-refractivity contribution in [3.63, 3.8) is 0 Å². The van der Waals surface area contributed by atoms with Crippen LogP contribution in [-0.4, -0.2) is 52.2 Å². The predicted molar refractivity (Wildman–Crippen MR) is 91.9 cm³/mol. The van der Waals surface area contributed by atoms with Crippen LogP contribution in [0.4, 0.5) is 11.6 Å². The normalized spacial score (nSPS) is 11.0. The van der Waals surface area contributed by atoms with E-state index in [1.807, 2.05) is 19.0 Å². The van der Waals surface area contributed by atoms with E-state index >= 15 is 0 Å². The highest BCUT2D eigenvalue weighted by Crippen LogP contribution is 2.20. The van der Waals surface area contributed by atoms with Crippen molar-refractivity contribution in [2.24, 2.45) is 0 Å². The number of aromatic nitrogens is 4. The zero-order chi connectivity index (χ0) is 17.8. The van der Waals surface area contributed by atoms with Crippen molar-refractivity contribution in [2.45, 2.75) is 0 Å². The molecule has 2 N–H and O–H groups in total. The summed E-state index contributed by atoms with van der Waals surface area (Å²) in [5, 5.41) is 17.1. The van der Waals surface area contributed by atoms with Gasteiger partial charge in [0.2, 0.25) is 0 Å². The Morgan fingerprint density at radius 1 is 1.36 bits per heavy atom. The molecule has 0 radical (unpaired) electrons. The Hall–Kier alpha value is -3.20. The third-order valence-corrected chi connectivity index (χ3v) is 3.49. The third-order valence-electron chi connectivity index (χ3n) is 3.49. The molecule has 9 heteroatoms. The molecular formula is C16H19N6O3+. The van der Waals surface area contributed by atoms with Crippen molar-refractivity contribution >= 4 is 22.7 Å². The first-order chi connectivity index (χ1) is 12.0. The topological polar surface area (TPSA) is 98.4 Å². The minimum Gasteiger partial charge on any atom is -0.492 e. The molecule has 0 aliphatic carbocycles. The molecule has 0 atom stereocenters. The van der Waals surface area contributed by atoms with Gasteiger partial charge in [-0.2, -0.15) is 0 Å². The van der Waals surface area contributed by atoms with E-state index in [0.29, 0.717) is 22.6 Å². The predicted octanol–water partition coefficient (Wildman–Crippen LogP) is 1.27. The van der Waals surface area contributed by atoms with Crippen LogP contribution in [-0.2, 0) is 0 Å². The second-order valence-corrected chi connectivity index (χ2v) is 5.68. The lowest BCUT2D eigenvalue weighted by atomic mass is 10.3. The SMILES string of the molecule is CN(C)CCOc1ccc2c(c1)n(O)c(Nc1cccnc1)n[n+]2=O. The number of fused-ring (bicyclic) bond motifs is 1. The molecule has 9 nitrogen and oxygen atoms in total. The first-order valence-corrected chi connectivity index (χ1v) is 7.68. The molecule has 0 saturated carbocycles. The first kappa shape index (κ1) is 16.7. The lowest BCUT2D eigenvalue weighted by Gasteiger charge is -2.11. The standard InChI is InChI=1S/C16H19N6O3/c1-20(2)8-9-25-13-5-6-14-15(10-13)21(23)16(19-22(14)24)18-12-4-3-7-17-11-12/h3-7,10-11,23H,8-9H2,1-2H3,(H,18,19,24)/q+1. The summed E-state index contributed by atoms with van der Waals surface area (Å²) in [6, 6.07) is 8.29. The van der Waals surface area contributed by atoms with Crippen molar-refractivity contribution in [3.8, 4) is 5.75 Å². The number of anilines is 2. The molecule has 1 aromatic carbocycles. The van der Waals surface area contributed by atoms with Gasteiger partial charge in [-0.15, -0.1) is 4.73 Å². The Morgan fingerprint density at radius 2 is 2.20 bits per heavy atom. The molecule has 0 bridgehead atoms. The van der Waals surface area contributed by atoms with E-state index < -0.39 is 0 Å². The van der Waals surface area contributed by atoms with Gasteiger partial charge in [-0.1, -0.05) is 0 Å². The summed E-state index contributed by atoms with van der Waals surface area (Å²) in [5.41, 5.74) is 1.09. The van der Waals surface area contributed by atoms with E-state index in [0.717, 1.165) is 11.3 Å². The van der Waals surface area contributed by atoms with Gasteiger partial charge < -0.3 is 20.2 Å². The smallest absolute Gasteiger partial charge is 0.322 e. The van der Waals surface area contributed by atoms with Crippen molar-refractivity contribution in [1.82, 2.24) is 19.7 Å². The van der Waals surface area contributed by atoms with Gasteiger partial charge in [0.15, 0.2) is 10.1 Å². The van der Waals surface area contributed by atoms with Crippen LogP contribution in [0.1, 0.15) is 0 Å². The molecule has 0 fully saturated rings. The number of benzene rings is 1.